The zero-order valence-corrected chi connectivity index (χ0v) is 9.36. The molecule has 1 saturated carbocycles. The molecule has 1 aliphatic rings. The van der Waals surface area contributed by atoms with Crippen molar-refractivity contribution >= 4 is 5.69 Å². The van der Waals surface area contributed by atoms with Gasteiger partial charge in [0, 0.05) is 26.3 Å². The fraction of sp³-hybridized carbons (Fsp3) is 0.500. The monoisotopic (exact) mass is 206 g/mol. The molecule has 0 bridgehead atoms. The fourth-order valence-electron chi connectivity index (χ4n) is 1.61. The Balaban J connectivity index is 2.20. The molecule has 0 amide bonds. The first-order valence-corrected chi connectivity index (χ1v) is 5.37. The SMILES string of the molecule is CN(C)c1ccc(OC2CC2)cc1CN. The van der Waals surface area contributed by atoms with Gasteiger partial charge in [-0.05, 0) is 36.6 Å². The fourth-order valence-corrected chi connectivity index (χ4v) is 1.61. The Labute approximate surface area is 90.8 Å². The van der Waals surface area contributed by atoms with Crippen LogP contribution in [-0.2, 0) is 6.54 Å². The van der Waals surface area contributed by atoms with E-state index in [9.17, 15) is 0 Å². The first-order chi connectivity index (χ1) is 7.20. The van der Waals surface area contributed by atoms with E-state index >= 15 is 0 Å². The van der Waals surface area contributed by atoms with Crippen LogP contribution in [0.5, 0.6) is 5.75 Å². The molecule has 0 spiro atoms. The lowest BCUT2D eigenvalue weighted by atomic mass is 10.1. The average Bonchev–Trinajstić information content (AvgIpc) is 3.01. The minimum absolute atomic E-state index is 0.445. The molecule has 0 unspecified atom stereocenters. The quantitative estimate of drug-likeness (QED) is 0.815. The number of hydrogen-bond acceptors (Lipinski definition) is 3. The van der Waals surface area contributed by atoms with E-state index in [2.05, 4.69) is 11.0 Å². The highest BCUT2D eigenvalue weighted by Gasteiger charge is 2.23. The normalized spacial score (nSPS) is 15.1. The molecule has 1 fully saturated rings. The molecule has 82 valence electrons. The summed E-state index contributed by atoms with van der Waals surface area (Å²) in [5.41, 5.74) is 8.03. The molecule has 2 rings (SSSR count). The Morgan fingerprint density at radius 2 is 2.13 bits per heavy atom. The van der Waals surface area contributed by atoms with Gasteiger partial charge in [-0.1, -0.05) is 0 Å². The Kier molecular flexibility index (Phi) is 2.82. The summed E-state index contributed by atoms with van der Waals surface area (Å²) in [6.45, 7) is 0.551. The predicted octanol–water partition coefficient (Wildman–Crippen LogP) is 1.75. The summed E-state index contributed by atoms with van der Waals surface area (Å²) >= 11 is 0. The minimum Gasteiger partial charge on any atom is -0.490 e. The van der Waals surface area contributed by atoms with Crippen LogP contribution in [0.3, 0.4) is 0 Å². The van der Waals surface area contributed by atoms with E-state index in [1.807, 2.05) is 26.2 Å². The highest BCUT2D eigenvalue weighted by molar-refractivity contribution is 5.55. The first kappa shape index (κ1) is 10.3. The van der Waals surface area contributed by atoms with E-state index < -0.39 is 0 Å². The molecular formula is C12H18N2O. The van der Waals surface area contributed by atoms with Crippen LogP contribution in [0, 0.1) is 0 Å². The second kappa shape index (κ2) is 4.11. The van der Waals surface area contributed by atoms with Crippen LogP contribution in [0.2, 0.25) is 0 Å². The molecule has 3 heteroatoms. The topological polar surface area (TPSA) is 38.5 Å². The molecule has 0 radical (unpaired) electrons. The molecule has 3 nitrogen and oxygen atoms in total. The largest absolute Gasteiger partial charge is 0.490 e. The maximum absolute atomic E-state index is 5.73. The summed E-state index contributed by atoms with van der Waals surface area (Å²) in [6.07, 6.45) is 2.82. The van der Waals surface area contributed by atoms with Gasteiger partial charge in [-0.15, -0.1) is 0 Å². The summed E-state index contributed by atoms with van der Waals surface area (Å²) in [6, 6.07) is 6.14. The second-order valence-corrected chi connectivity index (χ2v) is 4.21. The van der Waals surface area contributed by atoms with Gasteiger partial charge in [-0.3, -0.25) is 0 Å². The molecule has 0 aliphatic heterocycles. The summed E-state index contributed by atoms with van der Waals surface area (Å²) in [4.78, 5) is 2.07. The summed E-state index contributed by atoms with van der Waals surface area (Å²) < 4.78 is 5.73. The molecular weight excluding hydrogens is 188 g/mol. The number of hydrogen-bond donors (Lipinski definition) is 1. The maximum atomic E-state index is 5.73. The van der Waals surface area contributed by atoms with Crippen LogP contribution in [0.1, 0.15) is 18.4 Å². The van der Waals surface area contributed by atoms with Gasteiger partial charge in [-0.2, -0.15) is 0 Å². The lowest BCUT2D eigenvalue weighted by molar-refractivity contribution is 0.303. The van der Waals surface area contributed by atoms with Crippen LogP contribution in [0.15, 0.2) is 18.2 Å². The summed E-state index contributed by atoms with van der Waals surface area (Å²) in [5.74, 6) is 0.948. The molecule has 1 aromatic carbocycles. The Bertz CT molecular complexity index is 345. The minimum atomic E-state index is 0.445. The van der Waals surface area contributed by atoms with Gasteiger partial charge in [0.25, 0.3) is 0 Å². The van der Waals surface area contributed by atoms with Crippen LogP contribution in [-0.4, -0.2) is 20.2 Å². The number of benzene rings is 1. The van der Waals surface area contributed by atoms with Gasteiger partial charge in [0.2, 0.25) is 0 Å². The third-order valence-electron chi connectivity index (χ3n) is 2.58. The van der Waals surface area contributed by atoms with Crippen molar-refractivity contribution in [1.82, 2.24) is 0 Å². The van der Waals surface area contributed by atoms with Crippen molar-refractivity contribution in [1.29, 1.82) is 0 Å². The van der Waals surface area contributed by atoms with Gasteiger partial charge in [0.15, 0.2) is 0 Å². The number of nitrogens with two attached hydrogens (primary N) is 1. The van der Waals surface area contributed by atoms with Crippen molar-refractivity contribution in [3.8, 4) is 5.75 Å². The molecule has 1 aromatic rings. The van der Waals surface area contributed by atoms with E-state index in [1.54, 1.807) is 0 Å². The van der Waals surface area contributed by atoms with Crippen LogP contribution in [0.4, 0.5) is 5.69 Å². The maximum Gasteiger partial charge on any atom is 0.120 e. The van der Waals surface area contributed by atoms with E-state index in [-0.39, 0.29) is 0 Å². The van der Waals surface area contributed by atoms with Crippen LogP contribution < -0.4 is 15.4 Å². The smallest absolute Gasteiger partial charge is 0.120 e. The third kappa shape index (κ3) is 2.42. The van der Waals surface area contributed by atoms with Crippen molar-refractivity contribution in [3.63, 3.8) is 0 Å². The third-order valence-corrected chi connectivity index (χ3v) is 2.58. The van der Waals surface area contributed by atoms with Crippen LogP contribution >= 0.6 is 0 Å². The highest BCUT2D eigenvalue weighted by Crippen LogP contribution is 2.29. The molecule has 0 aromatic heterocycles. The molecule has 0 saturated heterocycles. The number of rotatable bonds is 4. The Morgan fingerprint density at radius 1 is 1.40 bits per heavy atom. The van der Waals surface area contributed by atoms with Gasteiger partial charge in [0.1, 0.15) is 5.75 Å². The molecule has 0 atom stereocenters. The van der Waals surface area contributed by atoms with E-state index in [0.717, 1.165) is 11.3 Å². The number of anilines is 1. The van der Waals surface area contributed by atoms with Crippen molar-refractivity contribution in [2.45, 2.75) is 25.5 Å². The molecule has 0 heterocycles. The number of ether oxygens (including phenoxy) is 1. The van der Waals surface area contributed by atoms with Crippen molar-refractivity contribution in [2.75, 3.05) is 19.0 Å². The van der Waals surface area contributed by atoms with E-state index in [0.29, 0.717) is 12.6 Å². The van der Waals surface area contributed by atoms with E-state index in [4.69, 9.17) is 10.5 Å². The molecule has 15 heavy (non-hydrogen) atoms. The zero-order valence-electron chi connectivity index (χ0n) is 9.36. The highest BCUT2D eigenvalue weighted by atomic mass is 16.5. The summed E-state index contributed by atoms with van der Waals surface area (Å²) in [7, 11) is 4.05. The summed E-state index contributed by atoms with van der Waals surface area (Å²) in [5, 5.41) is 0. The number of nitrogens with zero attached hydrogens (tertiary/aromatic N) is 1. The van der Waals surface area contributed by atoms with Gasteiger partial charge in [-0.25, -0.2) is 0 Å². The second-order valence-electron chi connectivity index (χ2n) is 4.21. The Hall–Kier alpha value is -1.22. The van der Waals surface area contributed by atoms with Crippen molar-refractivity contribution < 1.29 is 4.74 Å². The lowest BCUT2D eigenvalue weighted by Crippen LogP contribution is -2.13. The lowest BCUT2D eigenvalue weighted by Gasteiger charge is -2.17. The van der Waals surface area contributed by atoms with Crippen molar-refractivity contribution in [2.24, 2.45) is 5.73 Å². The first-order valence-electron chi connectivity index (χ1n) is 5.37. The van der Waals surface area contributed by atoms with Crippen LogP contribution in [0.25, 0.3) is 0 Å². The zero-order chi connectivity index (χ0) is 10.8. The van der Waals surface area contributed by atoms with E-state index in [1.165, 1.54) is 18.5 Å². The van der Waals surface area contributed by atoms with Gasteiger partial charge < -0.3 is 15.4 Å². The van der Waals surface area contributed by atoms with Gasteiger partial charge >= 0.3 is 0 Å². The molecule has 2 N–H and O–H groups in total. The van der Waals surface area contributed by atoms with Gasteiger partial charge in [0.05, 0.1) is 6.10 Å². The van der Waals surface area contributed by atoms with Crippen molar-refractivity contribution in [3.05, 3.63) is 23.8 Å². The standard InChI is InChI=1S/C12H18N2O/c1-14(2)12-6-5-11(7-9(12)8-13)15-10-3-4-10/h5-7,10H,3-4,8,13H2,1-2H3. The average molecular weight is 206 g/mol. The molecule has 1 aliphatic carbocycles. The predicted molar refractivity (Wildman–Crippen MR) is 62.3 cm³/mol. The Morgan fingerprint density at radius 3 is 2.67 bits per heavy atom.